The fraction of sp³-hybridized carbons (Fsp3) is 0.446. The van der Waals surface area contributed by atoms with Crippen LogP contribution in [0.1, 0.15) is 120 Å². The van der Waals surface area contributed by atoms with E-state index in [9.17, 15) is 24.3 Å². The van der Waals surface area contributed by atoms with Crippen LogP contribution in [-0.2, 0) is 86.8 Å². The molecule has 8 aromatic rings. The number of nitrogens with zero attached hydrogens (tertiary/aromatic N) is 9. The number of hydrogen-bond acceptors (Lipinski definition) is 18. The van der Waals surface area contributed by atoms with Crippen molar-refractivity contribution in [3.8, 4) is 11.5 Å². The third kappa shape index (κ3) is 20.0. The Morgan fingerprint density at radius 1 is 0.545 bits per heavy atom. The first-order valence-electron chi connectivity index (χ1n) is 38.0. The van der Waals surface area contributed by atoms with Crippen LogP contribution in [0.15, 0.2) is 146 Å². The van der Waals surface area contributed by atoms with E-state index in [1.165, 1.54) is 14.7 Å². The van der Waals surface area contributed by atoms with Gasteiger partial charge in [-0.2, -0.15) is 0 Å². The van der Waals surface area contributed by atoms with E-state index in [-0.39, 0.29) is 64.8 Å². The average molecular weight is 1530 g/mol. The molecule has 0 unspecified atom stereocenters. The number of carboxylic acid groups (broad SMARTS) is 1. The number of hydrogen-bond donors (Lipinski definition) is 8. The zero-order chi connectivity index (χ0) is 80.5. The molecule has 29 heteroatoms. The van der Waals surface area contributed by atoms with Gasteiger partial charge >= 0.3 is 5.97 Å². The van der Waals surface area contributed by atoms with Crippen molar-refractivity contribution < 1.29 is 62.5 Å². The predicted molar refractivity (Wildman–Crippen MR) is 418 cm³/mol. The van der Waals surface area contributed by atoms with Gasteiger partial charge in [0.1, 0.15) is 72.4 Å². The van der Waals surface area contributed by atoms with E-state index in [0.717, 1.165) is 21.5 Å². The zero-order valence-electron chi connectivity index (χ0n) is 65.4. The molecule has 0 saturated carbocycles. The Balaban J connectivity index is 0.933. The highest BCUT2D eigenvalue weighted by molar-refractivity contribution is 5.99. The number of carboxylic acids is 1. The summed E-state index contributed by atoms with van der Waals surface area (Å²) in [7, 11) is 6.40. The van der Waals surface area contributed by atoms with E-state index in [1.807, 2.05) is 106 Å². The summed E-state index contributed by atoms with van der Waals surface area (Å²) in [5.74, 6) is -6.74. The summed E-state index contributed by atoms with van der Waals surface area (Å²) >= 11 is 0. The minimum atomic E-state index is -1.31. The fourth-order valence-corrected chi connectivity index (χ4v) is 14.4. The number of rotatable bonds is 14. The molecular weight excluding hydrogens is 1430 g/mol. The SMILES string of the molecule is CN[C@@H](C)C(=O)N[C@H](C(=O)N1C[C@@H]2C[C@H]1C(=O)N[C@@H](Cc1ccc3ccccc3c1)C(=O)C[C@H](C(=O)O)Cc1ccc(cc1)OCc1cn(nn1)[C@H]1C[C@@H](C(=O)N[C@@H](Cc3ccc4ccccc4c3)C(=O)N[C@H](C(=O)N(C)C)Cc3ccc(cc3)OCc3cn2nn3)N(C(=O)[C@@H](NC(=O)[C@H](C)NC)C(C)(C)C)C1)C(C)(C)C. The molecule has 0 aliphatic carbocycles. The molecule has 8 amide bonds. The summed E-state index contributed by atoms with van der Waals surface area (Å²) in [6, 6.07) is 29.2. The predicted octanol–water partition coefficient (Wildman–Crippen LogP) is 5.38. The number of likely N-dealkylation sites (tertiary alicyclic amines) is 2. The van der Waals surface area contributed by atoms with Crippen LogP contribution in [0.25, 0.3) is 21.5 Å². The monoisotopic (exact) mass is 1530 g/mol. The Morgan fingerprint density at radius 3 is 1.38 bits per heavy atom. The van der Waals surface area contributed by atoms with Crippen LogP contribution < -0.4 is 46.7 Å². The van der Waals surface area contributed by atoms with Crippen molar-refractivity contribution in [3.05, 3.63) is 179 Å². The molecule has 2 aromatic heterocycles. The van der Waals surface area contributed by atoms with Crippen molar-refractivity contribution >= 4 is 80.6 Å². The van der Waals surface area contributed by atoms with Crippen LogP contribution in [0.2, 0.25) is 0 Å². The molecule has 2 saturated heterocycles. The number of likely N-dealkylation sites (N-methyl/N-ethyl adjacent to an activating group) is 3. The van der Waals surface area contributed by atoms with Gasteiger partial charge in [0.15, 0.2) is 5.78 Å². The second kappa shape index (κ2) is 35.3. The number of ether oxygens (including phenoxy) is 2. The van der Waals surface area contributed by atoms with Crippen LogP contribution in [0, 0.1) is 16.7 Å². The first-order chi connectivity index (χ1) is 53.3. The fourth-order valence-electron chi connectivity index (χ4n) is 14.4. The van der Waals surface area contributed by atoms with Gasteiger partial charge in [0.05, 0.1) is 48.5 Å². The van der Waals surface area contributed by atoms with Gasteiger partial charge < -0.3 is 66.5 Å². The van der Waals surface area contributed by atoms with E-state index in [2.05, 4.69) is 57.8 Å². The molecule has 2 fully saturated rings. The van der Waals surface area contributed by atoms with Crippen molar-refractivity contribution in [1.29, 1.82) is 0 Å². The normalized spacial score (nSPS) is 21.5. The van der Waals surface area contributed by atoms with Crippen molar-refractivity contribution in [2.75, 3.05) is 41.3 Å². The molecule has 14 rings (SSSR count). The minimum Gasteiger partial charge on any atom is -0.487 e. The summed E-state index contributed by atoms with van der Waals surface area (Å²) in [4.78, 5) is 151. The van der Waals surface area contributed by atoms with Crippen LogP contribution in [0.3, 0.4) is 0 Å². The molecular formula is C83H102N16O13. The van der Waals surface area contributed by atoms with Crippen molar-refractivity contribution in [1.82, 2.24) is 81.9 Å². The van der Waals surface area contributed by atoms with Crippen LogP contribution >= 0.6 is 0 Å². The largest absolute Gasteiger partial charge is 0.487 e. The molecule has 6 aliphatic rings. The molecule has 6 aromatic carbocycles. The third-order valence-corrected chi connectivity index (χ3v) is 21.3. The van der Waals surface area contributed by atoms with E-state index in [4.69, 9.17) is 9.47 Å². The van der Waals surface area contributed by atoms with Gasteiger partial charge in [0, 0.05) is 59.3 Å². The van der Waals surface area contributed by atoms with Crippen LogP contribution in [-0.4, -0.2) is 204 Å². The first-order valence-corrected chi connectivity index (χ1v) is 38.0. The number of nitrogens with one attached hydrogen (secondary N) is 7. The second-order valence-corrected chi connectivity index (χ2v) is 32.0. The maximum absolute atomic E-state index is 15.4. The quantitative estimate of drug-likeness (QED) is 0.0677. The Hall–Kier alpha value is -11.5. The highest BCUT2D eigenvalue weighted by Crippen LogP contribution is 2.35. The lowest BCUT2D eigenvalue weighted by molar-refractivity contribution is -0.145. The van der Waals surface area contributed by atoms with Gasteiger partial charge in [-0.05, 0) is 120 Å². The average Bonchev–Trinajstić information content (AvgIpc) is 1.64. The summed E-state index contributed by atoms with van der Waals surface area (Å²) in [5, 5.41) is 53.0. The molecule has 592 valence electrons. The van der Waals surface area contributed by atoms with Crippen molar-refractivity contribution in [2.24, 2.45) is 16.7 Å². The van der Waals surface area contributed by atoms with Gasteiger partial charge in [0.25, 0.3) is 0 Å². The molecule has 12 bridgehead atoms. The number of carbonyl (C=O) groups excluding carboxylic acids is 9. The lowest BCUT2D eigenvalue weighted by atomic mass is 9.85. The van der Waals surface area contributed by atoms with Gasteiger partial charge in [-0.1, -0.05) is 161 Å². The van der Waals surface area contributed by atoms with E-state index in [0.29, 0.717) is 45.1 Å². The number of carbonyl (C=O) groups is 10. The second-order valence-electron chi connectivity index (χ2n) is 32.0. The number of Topliss-reactive ketones (excluding diaryl/α,β-unsaturated/α-hetero) is 1. The van der Waals surface area contributed by atoms with E-state index in [1.54, 1.807) is 133 Å². The molecule has 29 nitrogen and oxygen atoms in total. The summed E-state index contributed by atoms with van der Waals surface area (Å²) in [6.07, 6.45) is 2.65. The summed E-state index contributed by atoms with van der Waals surface area (Å²) in [5.41, 5.74) is 1.59. The topological polar surface area (TPSA) is 365 Å². The van der Waals surface area contributed by atoms with E-state index >= 15 is 28.8 Å². The van der Waals surface area contributed by atoms with Gasteiger partial charge in [-0.3, -0.25) is 47.9 Å². The summed E-state index contributed by atoms with van der Waals surface area (Å²) in [6.45, 7) is 13.8. The Bertz CT molecular complexity index is 4760. The molecule has 8 N–H and O–H groups in total. The smallest absolute Gasteiger partial charge is 0.307 e. The number of fused-ring (bicyclic) bond motifs is 2. The van der Waals surface area contributed by atoms with Gasteiger partial charge in [-0.25, -0.2) is 9.36 Å². The number of aliphatic carboxylic acids is 1. The number of ketones is 1. The molecule has 6 aliphatic heterocycles. The Morgan fingerprint density at radius 2 is 0.964 bits per heavy atom. The van der Waals surface area contributed by atoms with Gasteiger partial charge in [0.2, 0.25) is 47.3 Å². The maximum Gasteiger partial charge on any atom is 0.307 e. The Labute approximate surface area is 651 Å². The highest BCUT2D eigenvalue weighted by Gasteiger charge is 2.49. The lowest BCUT2D eigenvalue weighted by Crippen LogP contribution is -2.61. The molecule has 0 spiro atoms. The number of amides is 8. The number of benzene rings is 6. The highest BCUT2D eigenvalue weighted by atomic mass is 16.5. The lowest BCUT2D eigenvalue weighted by Gasteiger charge is -2.36. The van der Waals surface area contributed by atoms with Crippen LogP contribution in [0.5, 0.6) is 11.5 Å². The number of aromatic nitrogens is 6. The zero-order valence-corrected chi connectivity index (χ0v) is 65.4. The maximum atomic E-state index is 15.4. The van der Waals surface area contributed by atoms with E-state index < -0.39 is 149 Å². The molecule has 112 heavy (non-hydrogen) atoms. The first kappa shape index (κ1) is 81.5. The van der Waals surface area contributed by atoms with Crippen molar-refractivity contribution in [3.63, 3.8) is 0 Å². The molecule has 12 atom stereocenters. The third-order valence-electron chi connectivity index (χ3n) is 21.3. The van der Waals surface area contributed by atoms with Gasteiger partial charge in [-0.15, -0.1) is 10.2 Å². The molecule has 8 heterocycles. The molecule has 0 radical (unpaired) electrons. The van der Waals surface area contributed by atoms with Crippen LogP contribution in [0.4, 0.5) is 0 Å². The standard InChI is InChI=1S/C83H102N16O13/c1-48(84-9)73(101)89-71(82(3,4)5)79(107)96-44-61-40-68(96)76(104)86-65(37-52-21-27-54-17-13-15-19-56(54)34-52)70(100)39-58(81(109)110)33-50-23-29-63(30-24-50)111-46-59-43-99(94-91-59)62-41-69(97(45-62)80(108)72(83(6,7)8)90-74(102)49(2)85-10)77(105)87-66(38-53-22-28-55-18-14-16-20-57(55)35-53)75(103)88-67(78(106)95(11)12)36-51-25-31-64(32-26-51)112-47-60-42-98(61)93-92-60/h13-32,34-35,42-43,48-49,58,61-62,65-69,71-72,84-85H,33,36-41,44-47H2,1-12H3,(H,86,104)(H,87,105)(H,88,103)(H,89,101)(H,90,102)(H,109,110)/t48-,49-,58+,61-,62-,65-,66-,67-,68-,69-,71+,72+/m0/s1. The van der Waals surface area contributed by atoms with Crippen molar-refractivity contribution in [2.45, 2.75) is 180 Å². The minimum absolute atomic E-state index is 0.00465. The Kier molecular flexibility index (Phi) is 25.7. The summed E-state index contributed by atoms with van der Waals surface area (Å²) < 4.78 is 15.6.